The van der Waals surface area contributed by atoms with Crippen LogP contribution in [0, 0.1) is 12.8 Å². The molecule has 0 aromatic carbocycles. The topological polar surface area (TPSA) is 70.5 Å². The Morgan fingerprint density at radius 2 is 2.28 bits per heavy atom. The lowest BCUT2D eigenvalue weighted by atomic mass is 9.89. The highest BCUT2D eigenvalue weighted by molar-refractivity contribution is 7.13. The standard InChI is InChI=1S/C12H14N2O3S/c1-6-13-5-10(18-6)11(15)14-7-2-3-9(14)8(4-7)12(16)17/h5,7-9H,2-4H2,1H3,(H,16,17). The van der Waals surface area contributed by atoms with Gasteiger partial charge < -0.3 is 10.0 Å². The van der Waals surface area contributed by atoms with Gasteiger partial charge in [-0.2, -0.15) is 0 Å². The Hall–Kier alpha value is -1.43. The maximum Gasteiger partial charge on any atom is 0.308 e. The Morgan fingerprint density at radius 1 is 1.50 bits per heavy atom. The van der Waals surface area contributed by atoms with Crippen molar-refractivity contribution in [1.29, 1.82) is 0 Å². The van der Waals surface area contributed by atoms with Crippen molar-refractivity contribution in [3.05, 3.63) is 16.1 Å². The van der Waals surface area contributed by atoms with Gasteiger partial charge in [-0.05, 0) is 26.2 Å². The molecule has 0 radical (unpaired) electrons. The number of amides is 1. The number of carboxylic acids is 1. The smallest absolute Gasteiger partial charge is 0.308 e. The molecule has 0 aliphatic carbocycles. The predicted octanol–water partition coefficient (Wildman–Crippen LogP) is 1.53. The highest BCUT2D eigenvalue weighted by Gasteiger charge is 2.51. The van der Waals surface area contributed by atoms with Crippen LogP contribution in [0.2, 0.25) is 0 Å². The first-order chi connectivity index (χ1) is 8.58. The fraction of sp³-hybridized carbons (Fsp3) is 0.583. The number of thiazole rings is 1. The molecule has 5 nitrogen and oxygen atoms in total. The third-order valence-corrected chi connectivity index (χ3v) is 4.82. The summed E-state index contributed by atoms with van der Waals surface area (Å²) in [5.74, 6) is -1.21. The molecular weight excluding hydrogens is 252 g/mol. The molecule has 2 saturated heterocycles. The first-order valence-corrected chi connectivity index (χ1v) is 6.87. The SMILES string of the molecule is Cc1ncc(C(=O)N2C3CCC2C(C(=O)O)C3)s1. The van der Waals surface area contributed by atoms with E-state index >= 15 is 0 Å². The predicted molar refractivity (Wildman–Crippen MR) is 65.6 cm³/mol. The second-order valence-electron chi connectivity index (χ2n) is 4.93. The summed E-state index contributed by atoms with van der Waals surface area (Å²) in [6.07, 6.45) is 3.93. The number of carbonyl (C=O) groups excluding carboxylic acids is 1. The second-order valence-corrected chi connectivity index (χ2v) is 6.17. The van der Waals surface area contributed by atoms with Crippen LogP contribution in [0.3, 0.4) is 0 Å². The van der Waals surface area contributed by atoms with Crippen molar-refractivity contribution in [3.63, 3.8) is 0 Å². The highest BCUT2D eigenvalue weighted by atomic mass is 32.1. The molecule has 1 aromatic heterocycles. The summed E-state index contributed by atoms with van der Waals surface area (Å²) in [6, 6.07) is -0.0200. The van der Waals surface area contributed by atoms with E-state index in [0.29, 0.717) is 11.3 Å². The number of carbonyl (C=O) groups is 2. The van der Waals surface area contributed by atoms with Crippen LogP contribution in [0.1, 0.15) is 33.9 Å². The molecule has 3 heterocycles. The van der Waals surface area contributed by atoms with E-state index in [4.69, 9.17) is 5.11 Å². The second kappa shape index (κ2) is 4.05. The number of nitrogens with zero attached hydrogens (tertiary/aromatic N) is 2. The Morgan fingerprint density at radius 3 is 2.83 bits per heavy atom. The fourth-order valence-electron chi connectivity index (χ4n) is 3.16. The zero-order valence-electron chi connectivity index (χ0n) is 10.00. The van der Waals surface area contributed by atoms with Crippen LogP contribution in [-0.2, 0) is 4.79 Å². The van der Waals surface area contributed by atoms with E-state index in [9.17, 15) is 9.59 Å². The summed E-state index contributed by atoms with van der Waals surface area (Å²) in [5, 5.41) is 10.0. The lowest BCUT2D eigenvalue weighted by molar-refractivity contribution is -0.142. The highest BCUT2D eigenvalue weighted by Crippen LogP contribution is 2.42. The number of fused-ring (bicyclic) bond motifs is 2. The fourth-order valence-corrected chi connectivity index (χ4v) is 3.88. The van der Waals surface area contributed by atoms with Crippen molar-refractivity contribution < 1.29 is 14.7 Å². The van der Waals surface area contributed by atoms with E-state index < -0.39 is 5.97 Å². The number of hydrogen-bond acceptors (Lipinski definition) is 4. The zero-order valence-corrected chi connectivity index (χ0v) is 10.8. The van der Waals surface area contributed by atoms with Gasteiger partial charge in [-0.25, -0.2) is 4.98 Å². The molecule has 3 rings (SSSR count). The minimum absolute atomic E-state index is 0.0446. The average molecular weight is 266 g/mol. The van der Waals surface area contributed by atoms with Gasteiger partial charge in [0.1, 0.15) is 4.88 Å². The molecule has 18 heavy (non-hydrogen) atoms. The van der Waals surface area contributed by atoms with Crippen LogP contribution in [0.25, 0.3) is 0 Å². The summed E-state index contributed by atoms with van der Waals surface area (Å²) < 4.78 is 0. The normalized spacial score (nSPS) is 29.8. The van der Waals surface area contributed by atoms with E-state index in [1.807, 2.05) is 6.92 Å². The summed E-state index contributed by atoms with van der Waals surface area (Å²) in [4.78, 5) is 30.0. The van der Waals surface area contributed by atoms with Crippen LogP contribution in [0.15, 0.2) is 6.20 Å². The summed E-state index contributed by atoms with van der Waals surface area (Å²) in [5.41, 5.74) is 0. The molecule has 2 aliphatic rings. The van der Waals surface area contributed by atoms with Crippen molar-refractivity contribution in [2.24, 2.45) is 5.92 Å². The molecule has 6 heteroatoms. The van der Waals surface area contributed by atoms with Crippen LogP contribution in [0.4, 0.5) is 0 Å². The first kappa shape index (κ1) is 11.6. The molecule has 2 aliphatic heterocycles. The molecule has 1 N–H and O–H groups in total. The van der Waals surface area contributed by atoms with Crippen molar-refractivity contribution >= 4 is 23.2 Å². The Labute approximate surface area is 108 Å². The quantitative estimate of drug-likeness (QED) is 0.881. The van der Waals surface area contributed by atoms with Gasteiger partial charge in [0.25, 0.3) is 5.91 Å². The Bertz CT molecular complexity index is 513. The van der Waals surface area contributed by atoms with Gasteiger partial charge in [-0.3, -0.25) is 9.59 Å². The van der Waals surface area contributed by atoms with E-state index in [0.717, 1.165) is 17.8 Å². The van der Waals surface area contributed by atoms with E-state index in [2.05, 4.69) is 4.98 Å². The number of aromatic nitrogens is 1. The average Bonchev–Trinajstić information content (AvgIpc) is 3.01. The maximum atomic E-state index is 12.4. The molecule has 3 atom stereocenters. The zero-order chi connectivity index (χ0) is 12.9. The Kier molecular flexibility index (Phi) is 2.62. The molecule has 2 bridgehead atoms. The van der Waals surface area contributed by atoms with Crippen LogP contribution in [-0.4, -0.2) is 39.0 Å². The largest absolute Gasteiger partial charge is 0.481 e. The van der Waals surface area contributed by atoms with Crippen molar-refractivity contribution in [1.82, 2.24) is 9.88 Å². The number of aliphatic carboxylic acids is 1. The molecular formula is C12H14N2O3S. The third-order valence-electron chi connectivity index (χ3n) is 3.92. The summed E-state index contributed by atoms with van der Waals surface area (Å²) in [7, 11) is 0. The van der Waals surface area contributed by atoms with Crippen LogP contribution >= 0.6 is 11.3 Å². The minimum atomic E-state index is -0.777. The van der Waals surface area contributed by atoms with Gasteiger partial charge >= 0.3 is 5.97 Å². The maximum absolute atomic E-state index is 12.4. The molecule has 0 saturated carbocycles. The number of carboxylic acid groups (broad SMARTS) is 1. The lowest BCUT2D eigenvalue weighted by Gasteiger charge is -2.22. The van der Waals surface area contributed by atoms with Gasteiger partial charge in [0.05, 0.1) is 17.1 Å². The molecule has 1 aromatic rings. The van der Waals surface area contributed by atoms with E-state index in [1.54, 1.807) is 11.1 Å². The van der Waals surface area contributed by atoms with Crippen molar-refractivity contribution in [3.8, 4) is 0 Å². The number of hydrogen-bond donors (Lipinski definition) is 1. The van der Waals surface area contributed by atoms with Gasteiger partial charge in [0.15, 0.2) is 0 Å². The van der Waals surface area contributed by atoms with Gasteiger partial charge in [-0.1, -0.05) is 0 Å². The monoisotopic (exact) mass is 266 g/mol. The molecule has 0 spiro atoms. The summed E-state index contributed by atoms with van der Waals surface area (Å²) >= 11 is 1.37. The number of aryl methyl sites for hydroxylation is 1. The van der Waals surface area contributed by atoms with Gasteiger partial charge in [0, 0.05) is 12.1 Å². The molecule has 3 unspecified atom stereocenters. The van der Waals surface area contributed by atoms with Crippen LogP contribution < -0.4 is 0 Å². The lowest BCUT2D eigenvalue weighted by Crippen LogP contribution is -2.37. The van der Waals surface area contributed by atoms with E-state index in [-0.39, 0.29) is 23.9 Å². The minimum Gasteiger partial charge on any atom is -0.481 e. The van der Waals surface area contributed by atoms with Crippen molar-refractivity contribution in [2.75, 3.05) is 0 Å². The summed E-state index contributed by atoms with van der Waals surface area (Å²) in [6.45, 7) is 1.86. The van der Waals surface area contributed by atoms with Gasteiger partial charge in [-0.15, -0.1) is 11.3 Å². The first-order valence-electron chi connectivity index (χ1n) is 6.06. The van der Waals surface area contributed by atoms with Crippen LogP contribution in [0.5, 0.6) is 0 Å². The molecule has 1 amide bonds. The Balaban J connectivity index is 1.85. The van der Waals surface area contributed by atoms with Gasteiger partial charge in [0.2, 0.25) is 0 Å². The molecule has 2 fully saturated rings. The van der Waals surface area contributed by atoms with Crippen molar-refractivity contribution in [2.45, 2.75) is 38.3 Å². The third kappa shape index (κ3) is 1.63. The molecule has 96 valence electrons. The number of rotatable bonds is 2. The van der Waals surface area contributed by atoms with E-state index in [1.165, 1.54) is 11.3 Å².